The number of nitrogens with one attached hydrogen (secondary N) is 1. The summed E-state index contributed by atoms with van der Waals surface area (Å²) in [5.74, 6) is 0.882. The van der Waals surface area contributed by atoms with Gasteiger partial charge in [-0.1, -0.05) is 12.1 Å². The highest BCUT2D eigenvalue weighted by molar-refractivity contribution is 5.67. The third-order valence-electron chi connectivity index (χ3n) is 5.34. The molecule has 128 valence electrons. The van der Waals surface area contributed by atoms with Gasteiger partial charge >= 0.3 is 0 Å². The van der Waals surface area contributed by atoms with Crippen LogP contribution in [-0.4, -0.2) is 48.0 Å². The monoisotopic (exact) mass is 327 g/mol. The number of aromatic amines is 1. The number of hydrogen-bond acceptors (Lipinski definition) is 4. The van der Waals surface area contributed by atoms with Gasteiger partial charge in [0.05, 0.1) is 25.0 Å². The van der Waals surface area contributed by atoms with E-state index in [-0.39, 0.29) is 0 Å². The van der Waals surface area contributed by atoms with E-state index in [1.165, 1.54) is 30.6 Å². The molecule has 3 heterocycles. The zero-order chi connectivity index (χ0) is 16.4. The van der Waals surface area contributed by atoms with Gasteiger partial charge in [-0.2, -0.15) is 5.10 Å². The number of nitrogens with zero attached hydrogens (tertiary/aromatic N) is 2. The third-order valence-corrected chi connectivity index (χ3v) is 5.34. The van der Waals surface area contributed by atoms with Crippen LogP contribution in [0.4, 0.5) is 0 Å². The Kier molecular flexibility index (Phi) is 4.54. The number of benzene rings is 1. The molecule has 0 amide bonds. The average Bonchev–Trinajstić information content (AvgIpc) is 3.31. The lowest BCUT2D eigenvalue weighted by Gasteiger charge is -2.35. The Bertz CT molecular complexity index is 679. The molecule has 4 rings (SSSR count). The summed E-state index contributed by atoms with van der Waals surface area (Å²) in [6.07, 6.45) is 6.66. The van der Waals surface area contributed by atoms with E-state index in [0.29, 0.717) is 12.1 Å². The van der Waals surface area contributed by atoms with E-state index >= 15 is 0 Å². The lowest BCUT2D eigenvalue weighted by atomic mass is 9.99. The van der Waals surface area contributed by atoms with Gasteiger partial charge in [-0.15, -0.1) is 0 Å². The van der Waals surface area contributed by atoms with E-state index in [0.717, 1.165) is 37.4 Å². The second-order valence-corrected chi connectivity index (χ2v) is 6.67. The van der Waals surface area contributed by atoms with E-state index in [9.17, 15) is 0 Å². The molecule has 2 saturated heterocycles. The molecule has 5 nitrogen and oxygen atoms in total. The summed E-state index contributed by atoms with van der Waals surface area (Å²) in [4.78, 5) is 2.67. The van der Waals surface area contributed by atoms with Gasteiger partial charge in [0, 0.05) is 24.8 Å². The fraction of sp³-hybridized carbons (Fsp3) is 0.526. The van der Waals surface area contributed by atoms with Crippen molar-refractivity contribution in [2.24, 2.45) is 0 Å². The summed E-state index contributed by atoms with van der Waals surface area (Å²) in [6.45, 7) is 2.95. The van der Waals surface area contributed by atoms with E-state index < -0.39 is 0 Å². The molecule has 2 fully saturated rings. The van der Waals surface area contributed by atoms with Crippen LogP contribution >= 0.6 is 0 Å². The molecule has 1 aromatic carbocycles. The standard InChI is InChI=1S/C19H25N3O2/c1-23-16-5-2-4-14(12-16)17-13-20-21-19(17)18-6-3-9-22(18)15-7-10-24-11-8-15/h2,4-5,12-13,15,18H,3,6-11H2,1H3,(H,20,21)/t18-/m1/s1. The largest absolute Gasteiger partial charge is 0.497 e. The minimum Gasteiger partial charge on any atom is -0.497 e. The smallest absolute Gasteiger partial charge is 0.119 e. The lowest BCUT2D eigenvalue weighted by Crippen LogP contribution is -2.39. The molecule has 2 aliphatic rings. The molecule has 0 aliphatic carbocycles. The van der Waals surface area contributed by atoms with Crippen molar-refractivity contribution in [1.29, 1.82) is 0 Å². The minimum absolute atomic E-state index is 0.428. The van der Waals surface area contributed by atoms with Gasteiger partial charge in [0.2, 0.25) is 0 Å². The maximum Gasteiger partial charge on any atom is 0.119 e. The molecular formula is C19H25N3O2. The molecule has 0 unspecified atom stereocenters. The molecule has 5 heteroatoms. The van der Waals surface area contributed by atoms with Crippen molar-refractivity contribution in [1.82, 2.24) is 15.1 Å². The fourth-order valence-corrected chi connectivity index (χ4v) is 4.12. The summed E-state index contributed by atoms with van der Waals surface area (Å²) in [7, 11) is 1.71. The molecule has 0 bridgehead atoms. The zero-order valence-corrected chi connectivity index (χ0v) is 14.2. The summed E-state index contributed by atoms with van der Waals surface area (Å²) in [5, 5.41) is 7.65. The Morgan fingerprint density at radius 1 is 1.25 bits per heavy atom. The van der Waals surface area contributed by atoms with Crippen LogP contribution in [0, 0.1) is 0 Å². The van der Waals surface area contributed by atoms with Crippen molar-refractivity contribution < 1.29 is 9.47 Å². The number of methoxy groups -OCH3 is 1. The van der Waals surface area contributed by atoms with Gasteiger partial charge in [-0.25, -0.2) is 0 Å². The first-order chi connectivity index (χ1) is 11.9. The molecule has 0 spiro atoms. The summed E-state index contributed by atoms with van der Waals surface area (Å²) < 4.78 is 10.9. The molecule has 0 radical (unpaired) electrons. The maximum absolute atomic E-state index is 5.54. The average molecular weight is 327 g/mol. The van der Waals surface area contributed by atoms with Crippen LogP contribution in [0.15, 0.2) is 30.5 Å². The molecule has 0 saturated carbocycles. The predicted octanol–water partition coefficient (Wildman–Crippen LogP) is 3.40. The molecule has 1 aromatic heterocycles. The Morgan fingerprint density at radius 3 is 2.96 bits per heavy atom. The Balaban J connectivity index is 1.63. The minimum atomic E-state index is 0.428. The first kappa shape index (κ1) is 15.7. The molecule has 24 heavy (non-hydrogen) atoms. The van der Waals surface area contributed by atoms with Crippen LogP contribution in [0.3, 0.4) is 0 Å². The van der Waals surface area contributed by atoms with E-state index in [1.807, 2.05) is 18.3 Å². The lowest BCUT2D eigenvalue weighted by molar-refractivity contribution is 0.0286. The van der Waals surface area contributed by atoms with Crippen LogP contribution in [0.25, 0.3) is 11.1 Å². The first-order valence-corrected chi connectivity index (χ1v) is 8.88. The number of rotatable bonds is 4. The fourth-order valence-electron chi connectivity index (χ4n) is 4.12. The SMILES string of the molecule is COc1cccc(-c2cn[nH]c2[C@H]2CCCN2C2CCOCC2)c1. The normalized spacial score (nSPS) is 22.8. The number of ether oxygens (including phenoxy) is 2. The molecule has 1 N–H and O–H groups in total. The quantitative estimate of drug-likeness (QED) is 0.935. The summed E-state index contributed by atoms with van der Waals surface area (Å²) >= 11 is 0. The highest BCUT2D eigenvalue weighted by Gasteiger charge is 2.34. The Morgan fingerprint density at radius 2 is 2.12 bits per heavy atom. The van der Waals surface area contributed by atoms with Crippen molar-refractivity contribution in [3.8, 4) is 16.9 Å². The second kappa shape index (κ2) is 6.95. The third kappa shape index (κ3) is 2.94. The van der Waals surface area contributed by atoms with Crippen molar-refractivity contribution in [2.45, 2.75) is 37.8 Å². The topological polar surface area (TPSA) is 50.4 Å². The van der Waals surface area contributed by atoms with Gasteiger partial charge in [0.15, 0.2) is 0 Å². The van der Waals surface area contributed by atoms with Crippen molar-refractivity contribution in [3.05, 3.63) is 36.2 Å². The van der Waals surface area contributed by atoms with Gasteiger partial charge < -0.3 is 9.47 Å². The molecule has 2 aromatic rings. The van der Waals surface area contributed by atoms with Crippen molar-refractivity contribution in [3.63, 3.8) is 0 Å². The van der Waals surface area contributed by atoms with E-state index in [1.54, 1.807) is 7.11 Å². The Hall–Kier alpha value is -1.85. The number of hydrogen-bond donors (Lipinski definition) is 1. The van der Waals surface area contributed by atoms with Crippen LogP contribution in [0.1, 0.15) is 37.4 Å². The molecule has 2 aliphatic heterocycles. The molecular weight excluding hydrogens is 302 g/mol. The molecule has 1 atom stereocenters. The van der Waals surface area contributed by atoms with E-state index in [2.05, 4.69) is 27.2 Å². The van der Waals surface area contributed by atoms with Gasteiger partial charge in [0.25, 0.3) is 0 Å². The number of H-pyrrole nitrogens is 1. The predicted molar refractivity (Wildman–Crippen MR) is 93.1 cm³/mol. The van der Waals surface area contributed by atoms with Crippen LogP contribution in [0.5, 0.6) is 5.75 Å². The van der Waals surface area contributed by atoms with Gasteiger partial charge in [0.1, 0.15) is 5.75 Å². The summed E-state index contributed by atoms with van der Waals surface area (Å²) in [5.41, 5.74) is 3.60. The summed E-state index contributed by atoms with van der Waals surface area (Å²) in [6, 6.07) is 9.29. The van der Waals surface area contributed by atoms with Crippen molar-refractivity contribution >= 4 is 0 Å². The highest BCUT2D eigenvalue weighted by atomic mass is 16.5. The number of likely N-dealkylation sites (tertiary alicyclic amines) is 1. The second-order valence-electron chi connectivity index (χ2n) is 6.67. The number of aromatic nitrogens is 2. The van der Waals surface area contributed by atoms with Crippen LogP contribution < -0.4 is 4.74 Å². The zero-order valence-electron chi connectivity index (χ0n) is 14.2. The van der Waals surface area contributed by atoms with Crippen LogP contribution in [0.2, 0.25) is 0 Å². The van der Waals surface area contributed by atoms with Gasteiger partial charge in [-0.3, -0.25) is 10.00 Å². The first-order valence-electron chi connectivity index (χ1n) is 8.88. The van der Waals surface area contributed by atoms with Gasteiger partial charge in [-0.05, 0) is 49.9 Å². The maximum atomic E-state index is 5.54. The van der Waals surface area contributed by atoms with Crippen molar-refractivity contribution in [2.75, 3.05) is 26.9 Å². The Labute approximate surface area is 143 Å². The van der Waals surface area contributed by atoms with E-state index in [4.69, 9.17) is 9.47 Å². The van der Waals surface area contributed by atoms with Crippen LogP contribution in [-0.2, 0) is 4.74 Å². The highest BCUT2D eigenvalue weighted by Crippen LogP contribution is 2.39.